The van der Waals surface area contributed by atoms with Crippen LogP contribution in [0.5, 0.6) is 0 Å². The zero-order valence-corrected chi connectivity index (χ0v) is 10.6. The van der Waals surface area contributed by atoms with Crippen LogP contribution in [-0.2, 0) is 4.74 Å². The summed E-state index contributed by atoms with van der Waals surface area (Å²) in [5, 5.41) is 34.2. The number of benzene rings is 1. The molecule has 1 aliphatic rings. The van der Waals surface area contributed by atoms with E-state index in [2.05, 4.69) is 5.10 Å². The van der Waals surface area contributed by atoms with Gasteiger partial charge < -0.3 is 20.1 Å². The Bertz CT molecular complexity index is 602. The van der Waals surface area contributed by atoms with Crippen LogP contribution in [-0.4, -0.2) is 50.0 Å². The molecule has 3 rings (SSSR count). The van der Waals surface area contributed by atoms with E-state index in [1.165, 1.54) is 4.68 Å². The second-order valence-corrected chi connectivity index (χ2v) is 4.90. The smallest absolute Gasteiger partial charge is 0.179 e. The molecule has 0 bridgehead atoms. The van der Waals surface area contributed by atoms with Gasteiger partial charge in [-0.2, -0.15) is 5.10 Å². The van der Waals surface area contributed by atoms with E-state index >= 15 is 0 Å². The number of hydrogen-bond donors (Lipinski definition) is 3. The molecule has 1 aliphatic heterocycles. The first-order valence-electron chi connectivity index (χ1n) is 5.87. The normalized spacial score (nSPS) is 31.2. The minimum Gasteiger partial charge on any atom is -0.394 e. The standard InChI is InChI=1S/C12H13ClN2O4/c13-7-2-1-3-8-6(7)4-14-15(8)12-11(18)10(17)9(5-16)19-12/h1-4,9-12,16-18H,5H2/t9-,10-,11-,12-/m1/s1. The molecular weight excluding hydrogens is 272 g/mol. The SMILES string of the molecule is OC[C@H]1O[C@@H](n2ncc3c(Cl)cccc32)[C@H](O)[C@@H]1O. The van der Waals surface area contributed by atoms with Crippen LogP contribution in [0.1, 0.15) is 6.23 Å². The summed E-state index contributed by atoms with van der Waals surface area (Å²) in [5.41, 5.74) is 0.697. The lowest BCUT2D eigenvalue weighted by atomic mass is 10.1. The van der Waals surface area contributed by atoms with Crippen molar-refractivity contribution in [1.82, 2.24) is 9.78 Å². The lowest BCUT2D eigenvalue weighted by Crippen LogP contribution is -2.33. The summed E-state index contributed by atoms with van der Waals surface area (Å²) in [6.45, 7) is -0.366. The van der Waals surface area contributed by atoms with Crippen molar-refractivity contribution in [1.29, 1.82) is 0 Å². The van der Waals surface area contributed by atoms with Crippen molar-refractivity contribution in [3.63, 3.8) is 0 Å². The lowest BCUT2D eigenvalue weighted by Gasteiger charge is -2.16. The second kappa shape index (κ2) is 4.73. The highest BCUT2D eigenvalue weighted by molar-refractivity contribution is 6.35. The molecule has 1 fully saturated rings. The average Bonchev–Trinajstić information content (AvgIpc) is 2.94. The minimum atomic E-state index is -1.15. The monoisotopic (exact) mass is 284 g/mol. The van der Waals surface area contributed by atoms with E-state index in [-0.39, 0.29) is 6.61 Å². The van der Waals surface area contributed by atoms with Gasteiger partial charge in [0.15, 0.2) is 6.23 Å². The first-order valence-corrected chi connectivity index (χ1v) is 6.25. The van der Waals surface area contributed by atoms with Crippen molar-refractivity contribution >= 4 is 22.5 Å². The number of hydrogen-bond acceptors (Lipinski definition) is 5. The maximum atomic E-state index is 9.98. The highest BCUT2D eigenvalue weighted by Gasteiger charge is 2.44. The molecule has 0 radical (unpaired) electrons. The maximum absolute atomic E-state index is 9.98. The number of halogens is 1. The van der Waals surface area contributed by atoms with E-state index in [1.54, 1.807) is 24.4 Å². The van der Waals surface area contributed by atoms with Gasteiger partial charge in [-0.25, -0.2) is 4.68 Å². The Morgan fingerprint density at radius 1 is 1.32 bits per heavy atom. The quantitative estimate of drug-likeness (QED) is 0.738. The molecule has 1 aromatic heterocycles. The molecule has 2 aromatic rings. The fraction of sp³-hybridized carbons (Fsp3) is 0.417. The van der Waals surface area contributed by atoms with E-state index in [4.69, 9.17) is 21.4 Å². The molecule has 3 N–H and O–H groups in total. The molecular formula is C12H13ClN2O4. The number of aromatic nitrogens is 2. The Hall–Kier alpha value is -1.18. The van der Waals surface area contributed by atoms with Gasteiger partial charge in [0.1, 0.15) is 18.3 Å². The maximum Gasteiger partial charge on any atom is 0.179 e. The molecule has 102 valence electrons. The zero-order chi connectivity index (χ0) is 13.6. The van der Waals surface area contributed by atoms with Crippen LogP contribution in [0.25, 0.3) is 10.9 Å². The molecule has 4 atom stereocenters. The van der Waals surface area contributed by atoms with Crippen LogP contribution in [0.15, 0.2) is 24.4 Å². The first kappa shape index (κ1) is 12.8. The molecule has 0 unspecified atom stereocenters. The van der Waals surface area contributed by atoms with Crippen LogP contribution < -0.4 is 0 Å². The van der Waals surface area contributed by atoms with E-state index < -0.39 is 24.5 Å². The molecule has 1 aromatic carbocycles. The van der Waals surface area contributed by atoms with Crippen molar-refractivity contribution < 1.29 is 20.1 Å². The predicted molar refractivity (Wildman–Crippen MR) is 67.8 cm³/mol. The van der Waals surface area contributed by atoms with Gasteiger partial charge in [0.25, 0.3) is 0 Å². The third-order valence-electron chi connectivity index (χ3n) is 3.35. The summed E-state index contributed by atoms with van der Waals surface area (Å²) in [4.78, 5) is 0. The number of nitrogens with zero attached hydrogens (tertiary/aromatic N) is 2. The number of aliphatic hydroxyl groups excluding tert-OH is 3. The Labute approximate surface area is 113 Å². The van der Waals surface area contributed by atoms with Crippen molar-refractivity contribution in [3.05, 3.63) is 29.4 Å². The van der Waals surface area contributed by atoms with Gasteiger partial charge in [-0.05, 0) is 12.1 Å². The van der Waals surface area contributed by atoms with Gasteiger partial charge in [-0.15, -0.1) is 0 Å². The molecule has 1 saturated heterocycles. The van der Waals surface area contributed by atoms with Crippen molar-refractivity contribution in [2.75, 3.05) is 6.61 Å². The summed E-state index contributed by atoms with van der Waals surface area (Å²) in [7, 11) is 0. The Kier molecular flexibility index (Phi) is 3.20. The van der Waals surface area contributed by atoms with Crippen LogP contribution in [0.3, 0.4) is 0 Å². The second-order valence-electron chi connectivity index (χ2n) is 4.49. The predicted octanol–water partition coefficient (Wildman–Crippen LogP) is 0.301. The molecule has 7 heteroatoms. The van der Waals surface area contributed by atoms with E-state index in [9.17, 15) is 10.2 Å². The number of aliphatic hydroxyl groups is 3. The van der Waals surface area contributed by atoms with Crippen LogP contribution in [0, 0.1) is 0 Å². The molecule has 0 aliphatic carbocycles. The number of rotatable bonds is 2. The van der Waals surface area contributed by atoms with Gasteiger partial charge in [0.05, 0.1) is 23.3 Å². The van der Waals surface area contributed by atoms with E-state index in [0.717, 1.165) is 5.39 Å². The average molecular weight is 285 g/mol. The summed E-state index contributed by atoms with van der Waals surface area (Å²) in [5.74, 6) is 0. The van der Waals surface area contributed by atoms with Gasteiger partial charge >= 0.3 is 0 Å². The summed E-state index contributed by atoms with van der Waals surface area (Å²) < 4.78 is 6.90. The topological polar surface area (TPSA) is 87.7 Å². The van der Waals surface area contributed by atoms with Crippen LogP contribution in [0.2, 0.25) is 5.02 Å². The third kappa shape index (κ3) is 1.92. The zero-order valence-electron chi connectivity index (χ0n) is 9.85. The third-order valence-corrected chi connectivity index (χ3v) is 3.68. The number of fused-ring (bicyclic) bond motifs is 1. The van der Waals surface area contributed by atoms with Crippen molar-refractivity contribution in [2.45, 2.75) is 24.5 Å². The first-order chi connectivity index (χ1) is 9.13. The largest absolute Gasteiger partial charge is 0.394 e. The fourth-order valence-electron chi connectivity index (χ4n) is 2.32. The molecule has 2 heterocycles. The Morgan fingerprint density at radius 3 is 2.79 bits per heavy atom. The van der Waals surface area contributed by atoms with Gasteiger partial charge in [-0.3, -0.25) is 0 Å². The molecule has 19 heavy (non-hydrogen) atoms. The Balaban J connectivity index is 2.04. The van der Waals surface area contributed by atoms with Gasteiger partial charge in [-0.1, -0.05) is 17.7 Å². The minimum absolute atomic E-state index is 0.366. The fourth-order valence-corrected chi connectivity index (χ4v) is 2.54. The molecule has 0 saturated carbocycles. The highest BCUT2D eigenvalue weighted by Crippen LogP contribution is 2.32. The number of ether oxygens (including phenoxy) is 1. The summed E-state index contributed by atoms with van der Waals surface area (Å²) in [6, 6.07) is 5.31. The highest BCUT2D eigenvalue weighted by atomic mass is 35.5. The Morgan fingerprint density at radius 2 is 2.11 bits per heavy atom. The van der Waals surface area contributed by atoms with Crippen molar-refractivity contribution in [2.24, 2.45) is 0 Å². The molecule has 6 nitrogen and oxygen atoms in total. The van der Waals surface area contributed by atoms with E-state index in [0.29, 0.717) is 10.5 Å². The molecule has 0 amide bonds. The van der Waals surface area contributed by atoms with Crippen LogP contribution >= 0.6 is 11.6 Å². The summed E-state index contributed by atoms with van der Waals surface area (Å²) in [6.07, 6.45) is -2.39. The molecule has 0 spiro atoms. The van der Waals surface area contributed by atoms with E-state index in [1.807, 2.05) is 0 Å². The summed E-state index contributed by atoms with van der Waals surface area (Å²) >= 11 is 6.05. The lowest BCUT2D eigenvalue weighted by molar-refractivity contribution is -0.0564. The van der Waals surface area contributed by atoms with Crippen molar-refractivity contribution in [3.8, 4) is 0 Å². The van der Waals surface area contributed by atoms with Crippen LogP contribution in [0.4, 0.5) is 0 Å². The van der Waals surface area contributed by atoms with Gasteiger partial charge in [0, 0.05) is 5.39 Å². The van der Waals surface area contributed by atoms with Gasteiger partial charge in [0.2, 0.25) is 0 Å².